The summed E-state index contributed by atoms with van der Waals surface area (Å²) in [6, 6.07) is 4.19. The first kappa shape index (κ1) is 15.0. The highest BCUT2D eigenvalue weighted by Crippen LogP contribution is 2.34. The van der Waals surface area contributed by atoms with E-state index in [9.17, 15) is 9.18 Å². The summed E-state index contributed by atoms with van der Waals surface area (Å²) in [6.45, 7) is 0. The Balaban J connectivity index is 2.29. The lowest BCUT2D eigenvalue weighted by atomic mass is 10.1. The normalized spacial score (nSPS) is 10.4. The highest BCUT2D eigenvalue weighted by Gasteiger charge is 2.16. The maximum atomic E-state index is 14.3. The fraction of sp³-hybridized carbons (Fsp3) is 0.0769. The number of aromatic nitrogens is 2. The number of ether oxygens (including phenoxy) is 1. The number of benzene rings is 1. The topological polar surface area (TPSA) is 104 Å². The van der Waals surface area contributed by atoms with Crippen molar-refractivity contribution >= 4 is 23.3 Å². The third-order valence-corrected chi connectivity index (χ3v) is 2.77. The van der Waals surface area contributed by atoms with Crippen LogP contribution >= 0.6 is 11.6 Å². The number of carbonyl (C=O) groups is 1. The number of hydrogen-bond donors (Lipinski definition) is 2. The molecule has 0 spiro atoms. The third kappa shape index (κ3) is 3.79. The molecule has 0 atom stereocenters. The molecule has 0 saturated heterocycles. The lowest BCUT2D eigenvalue weighted by molar-refractivity contribution is -0.117. The van der Waals surface area contributed by atoms with Crippen molar-refractivity contribution in [2.75, 3.05) is 5.73 Å². The Kier molecular flexibility index (Phi) is 4.54. The summed E-state index contributed by atoms with van der Waals surface area (Å²) < 4.78 is 19.6. The van der Waals surface area contributed by atoms with Crippen LogP contribution in [0.4, 0.5) is 10.2 Å². The average molecular weight is 310 g/mol. The van der Waals surface area contributed by atoms with Crippen LogP contribution in [-0.4, -0.2) is 15.9 Å². The summed E-state index contributed by atoms with van der Waals surface area (Å²) >= 11 is 5.91. The molecule has 0 aliphatic rings. The molecule has 1 heterocycles. The molecule has 4 N–H and O–H groups in total. The van der Waals surface area contributed by atoms with Gasteiger partial charge in [-0.15, -0.1) is 0 Å². The Bertz CT molecular complexity index is 681. The molecule has 0 unspecified atom stereocenters. The Morgan fingerprint density at radius 3 is 2.86 bits per heavy atom. The van der Waals surface area contributed by atoms with Gasteiger partial charge in [0.15, 0.2) is 11.6 Å². The van der Waals surface area contributed by atoms with Gasteiger partial charge >= 0.3 is 0 Å². The quantitative estimate of drug-likeness (QED) is 0.879. The van der Waals surface area contributed by atoms with Crippen molar-refractivity contribution in [3.8, 4) is 11.6 Å². The van der Waals surface area contributed by atoms with E-state index in [0.717, 1.165) is 0 Å². The van der Waals surface area contributed by atoms with Crippen molar-refractivity contribution in [2.24, 2.45) is 5.73 Å². The maximum absolute atomic E-state index is 14.3. The van der Waals surface area contributed by atoms with Gasteiger partial charge in [-0.3, -0.25) is 4.79 Å². The third-order valence-electron chi connectivity index (χ3n) is 2.47. The van der Waals surface area contributed by atoms with Gasteiger partial charge in [-0.05, 0) is 11.6 Å². The summed E-state index contributed by atoms with van der Waals surface area (Å²) in [6.07, 6.45) is 2.42. The zero-order valence-electron chi connectivity index (χ0n) is 10.7. The minimum absolute atomic E-state index is 0.0513. The van der Waals surface area contributed by atoms with E-state index in [2.05, 4.69) is 9.97 Å². The van der Waals surface area contributed by atoms with E-state index in [1.54, 1.807) is 0 Å². The molecule has 6 nitrogen and oxygen atoms in total. The molecule has 1 aromatic heterocycles. The highest BCUT2D eigenvalue weighted by atomic mass is 35.5. The summed E-state index contributed by atoms with van der Waals surface area (Å²) in [4.78, 5) is 18.2. The van der Waals surface area contributed by atoms with Gasteiger partial charge in [-0.2, -0.15) is 0 Å². The lowest BCUT2D eigenvalue weighted by Gasteiger charge is -2.10. The van der Waals surface area contributed by atoms with E-state index in [1.165, 1.54) is 30.9 Å². The van der Waals surface area contributed by atoms with Crippen LogP contribution in [0.15, 0.2) is 24.5 Å². The molecule has 0 fully saturated rings. The van der Waals surface area contributed by atoms with Gasteiger partial charge in [-0.1, -0.05) is 17.7 Å². The van der Waals surface area contributed by atoms with Crippen LogP contribution in [-0.2, 0) is 4.79 Å². The molecule has 8 heteroatoms. The van der Waals surface area contributed by atoms with Gasteiger partial charge in [0, 0.05) is 18.9 Å². The van der Waals surface area contributed by atoms with Gasteiger partial charge < -0.3 is 16.2 Å². The van der Waals surface area contributed by atoms with Crippen molar-refractivity contribution in [3.05, 3.63) is 47.4 Å². The molecule has 109 valence electrons. The first-order valence-electron chi connectivity index (χ1n) is 5.82. The van der Waals surface area contributed by atoms with Gasteiger partial charge in [0.1, 0.15) is 12.1 Å². The highest BCUT2D eigenvalue weighted by molar-refractivity contribution is 6.32. The number of primary amides is 1. The first-order chi connectivity index (χ1) is 9.97. The van der Waals surface area contributed by atoms with E-state index >= 15 is 0 Å². The number of hydrogen-bond acceptors (Lipinski definition) is 5. The fourth-order valence-electron chi connectivity index (χ4n) is 1.52. The number of amides is 1. The van der Waals surface area contributed by atoms with Crippen LogP contribution in [0.5, 0.6) is 11.6 Å². The summed E-state index contributed by atoms with van der Waals surface area (Å²) in [5.74, 6) is -1.28. The number of nitrogen functional groups attached to an aromatic ring is 1. The predicted molar refractivity (Wildman–Crippen MR) is 75.1 cm³/mol. The largest absolute Gasteiger partial charge is 0.434 e. The molecule has 0 saturated carbocycles. The van der Waals surface area contributed by atoms with Gasteiger partial charge in [0.2, 0.25) is 11.8 Å². The molecule has 1 aromatic carbocycles. The molecular weight excluding hydrogens is 299 g/mol. The van der Waals surface area contributed by atoms with Crippen molar-refractivity contribution in [1.82, 2.24) is 9.97 Å². The van der Waals surface area contributed by atoms with E-state index in [1.807, 2.05) is 0 Å². The molecule has 0 aliphatic heterocycles. The molecule has 2 aromatic rings. The number of halogens is 2. The average Bonchev–Trinajstić information content (AvgIpc) is 2.42. The smallest absolute Gasteiger partial charge is 0.224 e. The zero-order valence-corrected chi connectivity index (χ0v) is 11.5. The molecule has 21 heavy (non-hydrogen) atoms. The van der Waals surface area contributed by atoms with Crippen molar-refractivity contribution in [3.63, 3.8) is 0 Å². The lowest BCUT2D eigenvalue weighted by Crippen LogP contribution is -2.10. The van der Waals surface area contributed by atoms with Crippen molar-refractivity contribution in [2.45, 2.75) is 6.42 Å². The van der Waals surface area contributed by atoms with Crippen LogP contribution in [0.2, 0.25) is 5.02 Å². The second-order valence-electron chi connectivity index (χ2n) is 4.04. The predicted octanol–water partition coefficient (Wildman–Crippen LogP) is 2.07. The van der Waals surface area contributed by atoms with Crippen LogP contribution in [0.3, 0.4) is 0 Å². The summed E-state index contributed by atoms with van der Waals surface area (Å²) in [5, 5.41) is 0.0564. The Labute approximate surface area is 124 Å². The number of nitrogens with two attached hydrogens (primary N) is 2. The molecule has 1 radical (unpaired) electrons. The maximum Gasteiger partial charge on any atom is 0.224 e. The number of carbonyl (C=O) groups excluding carboxylic acids is 1. The second kappa shape index (κ2) is 6.36. The molecule has 0 aliphatic carbocycles. The van der Waals surface area contributed by atoms with Crippen LogP contribution in [0.1, 0.15) is 12.0 Å². The minimum Gasteiger partial charge on any atom is -0.434 e. The number of rotatable bonds is 5. The number of nitrogens with zero attached hydrogens (tertiary/aromatic N) is 2. The Hall–Kier alpha value is -2.41. The van der Waals surface area contributed by atoms with Crippen molar-refractivity contribution in [1.29, 1.82) is 0 Å². The first-order valence-corrected chi connectivity index (χ1v) is 6.20. The van der Waals surface area contributed by atoms with E-state index in [0.29, 0.717) is 0 Å². The van der Waals surface area contributed by atoms with Gasteiger partial charge in [0.05, 0.1) is 5.02 Å². The standard InChI is InChI=1S/C13H11ClFN4O2/c14-8-3-1-7(2-4-10(17)20)12(15)13(8)21-11-5-9(16)18-6-19-11/h1-3,5-6H,4H2,(H2,17,20)(H2,16,18,19). The van der Waals surface area contributed by atoms with Crippen LogP contribution < -0.4 is 16.2 Å². The molecule has 2 rings (SSSR count). The van der Waals surface area contributed by atoms with Gasteiger partial charge in [-0.25, -0.2) is 14.4 Å². The molecule has 0 bridgehead atoms. The van der Waals surface area contributed by atoms with Crippen LogP contribution in [0.25, 0.3) is 0 Å². The number of anilines is 1. The summed E-state index contributed by atoms with van der Waals surface area (Å²) in [5.41, 5.74) is 10.6. The minimum atomic E-state index is -0.721. The monoisotopic (exact) mass is 309 g/mol. The molecular formula is C13H11ClFN4O2. The Morgan fingerprint density at radius 1 is 1.43 bits per heavy atom. The molecule has 1 amide bonds. The Morgan fingerprint density at radius 2 is 2.19 bits per heavy atom. The van der Waals surface area contributed by atoms with Gasteiger partial charge in [0.25, 0.3) is 0 Å². The summed E-state index contributed by atoms with van der Waals surface area (Å²) in [7, 11) is 0. The van der Waals surface area contributed by atoms with E-state index in [-0.39, 0.29) is 34.5 Å². The fourth-order valence-corrected chi connectivity index (χ4v) is 1.71. The van der Waals surface area contributed by atoms with E-state index in [4.69, 9.17) is 27.8 Å². The second-order valence-corrected chi connectivity index (χ2v) is 4.44. The SMILES string of the molecule is NC(=O)C[CH]c1ccc(Cl)c(Oc2cc(N)ncn2)c1F. The van der Waals surface area contributed by atoms with Crippen molar-refractivity contribution < 1.29 is 13.9 Å². The van der Waals surface area contributed by atoms with E-state index < -0.39 is 11.7 Å². The van der Waals surface area contributed by atoms with Crippen LogP contribution in [0, 0.1) is 12.2 Å². The zero-order chi connectivity index (χ0) is 15.4.